The first kappa shape index (κ1) is 16.6. The van der Waals surface area contributed by atoms with E-state index < -0.39 is 10.0 Å². The molecule has 6 nitrogen and oxygen atoms in total. The second kappa shape index (κ2) is 6.70. The highest BCUT2D eigenvalue weighted by Gasteiger charge is 2.19. The molecule has 2 N–H and O–H groups in total. The average molecular weight is 348 g/mol. The van der Waals surface area contributed by atoms with Crippen LogP contribution in [0.15, 0.2) is 47.4 Å². The molecule has 0 amide bonds. The zero-order valence-electron chi connectivity index (χ0n) is 13.4. The van der Waals surface area contributed by atoms with Gasteiger partial charge in [0, 0.05) is 12.2 Å². The van der Waals surface area contributed by atoms with Crippen molar-refractivity contribution >= 4 is 15.7 Å². The topological polar surface area (TPSA) is 81.9 Å². The van der Waals surface area contributed by atoms with Gasteiger partial charge in [-0.25, -0.2) is 13.6 Å². The predicted octanol–water partition coefficient (Wildman–Crippen LogP) is 1.78. The summed E-state index contributed by atoms with van der Waals surface area (Å²) in [6.07, 6.45) is 0.996. The fourth-order valence-electron chi connectivity index (χ4n) is 2.80. The summed E-state index contributed by atoms with van der Waals surface area (Å²) in [7, 11) is -2.00. The second-order valence-electron chi connectivity index (χ2n) is 5.60. The van der Waals surface area contributed by atoms with Crippen LogP contribution in [0.2, 0.25) is 0 Å². The molecule has 0 radical (unpaired) electrons. The maximum absolute atomic E-state index is 11.2. The Morgan fingerprint density at radius 3 is 2.50 bits per heavy atom. The Morgan fingerprint density at radius 1 is 1.12 bits per heavy atom. The molecule has 2 aromatic carbocycles. The molecule has 1 heterocycles. The third-order valence-corrected chi connectivity index (χ3v) is 4.99. The van der Waals surface area contributed by atoms with Crippen molar-refractivity contribution < 1.29 is 17.9 Å². The number of rotatable bonds is 6. The second-order valence-corrected chi connectivity index (χ2v) is 7.16. The van der Waals surface area contributed by atoms with Gasteiger partial charge in [0.15, 0.2) is 0 Å². The molecule has 0 saturated carbocycles. The molecular formula is C17H20N2O4S. The molecule has 0 aromatic heterocycles. The van der Waals surface area contributed by atoms with Crippen LogP contribution in [0.1, 0.15) is 5.56 Å². The van der Waals surface area contributed by atoms with Crippen molar-refractivity contribution in [2.45, 2.75) is 11.3 Å². The van der Waals surface area contributed by atoms with E-state index in [-0.39, 0.29) is 4.90 Å². The van der Waals surface area contributed by atoms with E-state index in [1.165, 1.54) is 23.4 Å². The number of fused-ring (bicyclic) bond motifs is 1. The summed E-state index contributed by atoms with van der Waals surface area (Å²) in [5.74, 6) is 1.50. The number of nitrogens with zero attached hydrogens (tertiary/aromatic N) is 1. The number of primary sulfonamides is 1. The molecule has 0 fully saturated rings. The Morgan fingerprint density at radius 2 is 1.83 bits per heavy atom. The van der Waals surface area contributed by atoms with Gasteiger partial charge in [0.05, 0.1) is 18.6 Å². The van der Waals surface area contributed by atoms with Gasteiger partial charge in [0.25, 0.3) is 0 Å². The van der Waals surface area contributed by atoms with E-state index in [9.17, 15) is 8.42 Å². The normalized spacial score (nSPS) is 13.7. The van der Waals surface area contributed by atoms with E-state index in [0.29, 0.717) is 12.4 Å². The van der Waals surface area contributed by atoms with E-state index >= 15 is 0 Å². The number of hydrogen-bond donors (Lipinski definition) is 1. The summed E-state index contributed by atoms with van der Waals surface area (Å²) >= 11 is 0. The Hall–Kier alpha value is -2.25. The summed E-state index contributed by atoms with van der Waals surface area (Å²) in [5.41, 5.74) is 2.50. The van der Waals surface area contributed by atoms with Gasteiger partial charge < -0.3 is 14.4 Å². The predicted molar refractivity (Wildman–Crippen MR) is 92.2 cm³/mol. The van der Waals surface area contributed by atoms with E-state index in [4.69, 9.17) is 14.6 Å². The smallest absolute Gasteiger partial charge is 0.238 e. The van der Waals surface area contributed by atoms with Crippen LogP contribution in [-0.4, -0.2) is 35.2 Å². The van der Waals surface area contributed by atoms with Gasteiger partial charge in [-0.2, -0.15) is 0 Å². The van der Waals surface area contributed by atoms with Crippen molar-refractivity contribution in [3.05, 3.63) is 48.0 Å². The summed E-state index contributed by atoms with van der Waals surface area (Å²) in [6.45, 7) is 2.23. The van der Waals surface area contributed by atoms with Crippen LogP contribution in [0, 0.1) is 0 Å². The first-order valence-corrected chi connectivity index (χ1v) is 9.19. The minimum atomic E-state index is -3.67. The first-order valence-electron chi connectivity index (χ1n) is 7.65. The molecule has 0 bridgehead atoms. The van der Waals surface area contributed by atoms with Crippen LogP contribution in [0.3, 0.4) is 0 Å². The van der Waals surface area contributed by atoms with E-state index in [0.717, 1.165) is 25.3 Å². The van der Waals surface area contributed by atoms with Crippen molar-refractivity contribution in [2.24, 2.45) is 5.14 Å². The summed E-state index contributed by atoms with van der Waals surface area (Å²) in [6, 6.07) is 12.2. The van der Waals surface area contributed by atoms with E-state index in [2.05, 4.69) is 17.0 Å². The van der Waals surface area contributed by atoms with Crippen molar-refractivity contribution in [1.29, 1.82) is 0 Å². The summed E-state index contributed by atoms with van der Waals surface area (Å²) in [5, 5.41) is 5.07. The maximum Gasteiger partial charge on any atom is 0.238 e. The zero-order valence-corrected chi connectivity index (χ0v) is 14.3. The number of hydrogen-bond acceptors (Lipinski definition) is 5. The monoisotopic (exact) mass is 348 g/mol. The summed E-state index contributed by atoms with van der Waals surface area (Å²) in [4.78, 5) is 2.35. The van der Waals surface area contributed by atoms with Gasteiger partial charge >= 0.3 is 0 Å². The fraction of sp³-hybridized carbons (Fsp3) is 0.294. The summed E-state index contributed by atoms with van der Waals surface area (Å²) < 4.78 is 33.4. The zero-order chi connectivity index (χ0) is 17.2. The van der Waals surface area contributed by atoms with Crippen LogP contribution >= 0.6 is 0 Å². The number of benzene rings is 2. The van der Waals surface area contributed by atoms with E-state index in [1.54, 1.807) is 19.2 Å². The van der Waals surface area contributed by atoms with Crippen LogP contribution in [0.5, 0.6) is 11.5 Å². The van der Waals surface area contributed by atoms with Gasteiger partial charge in [0.1, 0.15) is 18.1 Å². The van der Waals surface area contributed by atoms with E-state index in [1.807, 2.05) is 6.07 Å². The number of sulfonamides is 1. The fourth-order valence-corrected chi connectivity index (χ4v) is 3.32. The Balaban J connectivity index is 1.57. The number of anilines is 1. The van der Waals surface area contributed by atoms with Crippen LogP contribution in [0.25, 0.3) is 0 Å². The lowest BCUT2D eigenvalue weighted by molar-refractivity contribution is 0.324. The number of methoxy groups -OCH3 is 1. The first-order chi connectivity index (χ1) is 11.5. The van der Waals surface area contributed by atoms with Crippen molar-refractivity contribution in [1.82, 2.24) is 0 Å². The lowest BCUT2D eigenvalue weighted by atomic mass is 10.1. The molecule has 1 aliphatic rings. The lowest BCUT2D eigenvalue weighted by Gasteiger charge is -2.19. The lowest BCUT2D eigenvalue weighted by Crippen LogP contribution is -2.26. The standard InChI is InChI=1S/C17H20N2O4S/c1-22-15-4-7-17-13(12-15)8-9-19(17)10-11-23-14-2-5-16(6-3-14)24(18,20)21/h2-7,12H,8-11H2,1H3,(H2,18,20,21). The molecule has 0 aliphatic carbocycles. The molecule has 0 spiro atoms. The molecule has 0 saturated heterocycles. The quantitative estimate of drug-likeness (QED) is 0.860. The third kappa shape index (κ3) is 3.63. The van der Waals surface area contributed by atoms with Gasteiger partial charge in [-0.1, -0.05) is 0 Å². The highest BCUT2D eigenvalue weighted by molar-refractivity contribution is 7.89. The maximum atomic E-state index is 11.2. The van der Waals surface area contributed by atoms with Gasteiger partial charge in [-0.05, 0) is 54.4 Å². The highest BCUT2D eigenvalue weighted by atomic mass is 32.2. The third-order valence-electron chi connectivity index (χ3n) is 4.06. The molecule has 1 aliphatic heterocycles. The van der Waals surface area contributed by atoms with Gasteiger partial charge in [-0.15, -0.1) is 0 Å². The van der Waals surface area contributed by atoms with Crippen molar-refractivity contribution in [2.75, 3.05) is 31.7 Å². The van der Waals surface area contributed by atoms with Crippen molar-refractivity contribution in [3.8, 4) is 11.5 Å². The van der Waals surface area contributed by atoms with Crippen LogP contribution < -0.4 is 19.5 Å². The van der Waals surface area contributed by atoms with Crippen molar-refractivity contribution in [3.63, 3.8) is 0 Å². The minimum absolute atomic E-state index is 0.0808. The van der Waals surface area contributed by atoms with Crippen LogP contribution in [0.4, 0.5) is 5.69 Å². The molecule has 128 valence electrons. The minimum Gasteiger partial charge on any atom is -0.497 e. The molecular weight excluding hydrogens is 328 g/mol. The van der Waals surface area contributed by atoms with Crippen LogP contribution in [-0.2, 0) is 16.4 Å². The number of ether oxygens (including phenoxy) is 2. The Labute approximate surface area is 141 Å². The SMILES string of the molecule is COc1ccc2c(c1)CCN2CCOc1ccc(S(N)(=O)=O)cc1. The molecule has 2 aromatic rings. The Kier molecular flexibility index (Phi) is 4.64. The highest BCUT2D eigenvalue weighted by Crippen LogP contribution is 2.30. The largest absolute Gasteiger partial charge is 0.497 e. The average Bonchev–Trinajstić information content (AvgIpc) is 2.97. The molecule has 0 unspecified atom stereocenters. The molecule has 0 atom stereocenters. The Bertz CT molecular complexity index is 819. The van der Waals surface area contributed by atoms with Gasteiger partial charge in [0.2, 0.25) is 10.0 Å². The number of nitrogens with two attached hydrogens (primary N) is 1. The molecule has 7 heteroatoms. The molecule has 3 rings (SSSR count). The molecule has 24 heavy (non-hydrogen) atoms. The van der Waals surface area contributed by atoms with Gasteiger partial charge in [-0.3, -0.25) is 0 Å².